The van der Waals surface area contributed by atoms with Crippen LogP contribution < -0.4 is 16.0 Å². The van der Waals surface area contributed by atoms with Crippen LogP contribution in [0.5, 0.6) is 0 Å². The van der Waals surface area contributed by atoms with Gasteiger partial charge in [0.2, 0.25) is 11.8 Å². The Kier molecular flexibility index (Phi) is 11.0. The van der Waals surface area contributed by atoms with Crippen molar-refractivity contribution in [3.63, 3.8) is 0 Å². The molecule has 0 bridgehead atoms. The molecule has 3 N–H and O–H groups in total. The number of carbonyl (C=O) groups excluding carboxylic acids is 4. The Bertz CT molecular complexity index is 833. The summed E-state index contributed by atoms with van der Waals surface area (Å²) in [6.45, 7) is 13.9. The van der Waals surface area contributed by atoms with Gasteiger partial charge in [-0.1, -0.05) is 58.0 Å². The molecule has 0 aliphatic rings. The molecule has 3 atom stereocenters. The van der Waals surface area contributed by atoms with Crippen LogP contribution >= 0.6 is 0 Å². The normalized spacial score (nSPS) is 14.1. The molecule has 3 amide bonds. The first-order valence-electron chi connectivity index (χ1n) is 11.5. The van der Waals surface area contributed by atoms with Crippen LogP contribution in [0.1, 0.15) is 61.0 Å². The van der Waals surface area contributed by atoms with Gasteiger partial charge in [-0.15, -0.1) is 0 Å². The highest BCUT2D eigenvalue weighted by atomic mass is 16.6. The highest BCUT2D eigenvalue weighted by Crippen LogP contribution is 2.10. The molecule has 9 nitrogen and oxygen atoms in total. The van der Waals surface area contributed by atoms with Crippen molar-refractivity contribution in [3.05, 3.63) is 35.9 Å². The first-order chi connectivity index (χ1) is 15.7. The quantitative estimate of drug-likeness (QED) is 0.445. The Morgan fingerprint density at radius 2 is 1.32 bits per heavy atom. The largest absolute Gasteiger partial charge is 0.459 e. The van der Waals surface area contributed by atoms with Gasteiger partial charge in [0.1, 0.15) is 30.3 Å². The number of ether oxygens (including phenoxy) is 2. The Morgan fingerprint density at radius 3 is 1.82 bits per heavy atom. The number of hydrogen-bond donors (Lipinski definition) is 3. The standard InChI is InChI=1S/C25H39N3O6/c1-15(2)19(27-21(29)17(5)26-24(32)34-25(6,7)8)22(30)28-20(16(3)4)23(31)33-14-18-12-10-9-11-13-18/h9-13,15-17,19-20H,14H2,1-8H3,(H,26,32)(H,27,29)(H,28,30)/t17-,19-,20-/m0/s1. The van der Waals surface area contributed by atoms with E-state index in [1.54, 1.807) is 48.5 Å². The topological polar surface area (TPSA) is 123 Å². The molecule has 0 aliphatic heterocycles. The van der Waals surface area contributed by atoms with Crippen LogP contribution in [-0.2, 0) is 30.5 Å². The minimum absolute atomic E-state index is 0.0942. The molecule has 1 aromatic rings. The summed E-state index contributed by atoms with van der Waals surface area (Å²) >= 11 is 0. The third kappa shape index (κ3) is 10.2. The van der Waals surface area contributed by atoms with Gasteiger partial charge in [-0.05, 0) is 45.1 Å². The zero-order chi connectivity index (χ0) is 26.1. The van der Waals surface area contributed by atoms with E-state index in [0.29, 0.717) is 0 Å². The summed E-state index contributed by atoms with van der Waals surface area (Å²) < 4.78 is 10.6. The van der Waals surface area contributed by atoms with E-state index < -0.39 is 47.6 Å². The first-order valence-corrected chi connectivity index (χ1v) is 11.5. The Balaban J connectivity index is 2.77. The van der Waals surface area contributed by atoms with Crippen molar-refractivity contribution < 1.29 is 28.7 Å². The summed E-state index contributed by atoms with van der Waals surface area (Å²) in [6.07, 6.45) is -0.735. The van der Waals surface area contributed by atoms with Crippen molar-refractivity contribution >= 4 is 23.9 Å². The monoisotopic (exact) mass is 477 g/mol. The van der Waals surface area contributed by atoms with Crippen LogP contribution in [0.2, 0.25) is 0 Å². The molecule has 0 saturated heterocycles. The van der Waals surface area contributed by atoms with Gasteiger partial charge >= 0.3 is 12.1 Å². The van der Waals surface area contributed by atoms with E-state index >= 15 is 0 Å². The van der Waals surface area contributed by atoms with E-state index in [4.69, 9.17) is 9.47 Å². The smallest absolute Gasteiger partial charge is 0.408 e. The molecule has 34 heavy (non-hydrogen) atoms. The van der Waals surface area contributed by atoms with Gasteiger partial charge in [-0.2, -0.15) is 0 Å². The molecule has 0 unspecified atom stereocenters. The van der Waals surface area contributed by atoms with Crippen molar-refractivity contribution in [2.75, 3.05) is 0 Å². The average Bonchev–Trinajstić information content (AvgIpc) is 2.72. The molecular weight excluding hydrogens is 438 g/mol. The van der Waals surface area contributed by atoms with Crippen molar-refractivity contribution in [1.29, 1.82) is 0 Å². The molecule has 0 heterocycles. The number of amides is 3. The van der Waals surface area contributed by atoms with Crippen LogP contribution in [0.3, 0.4) is 0 Å². The lowest BCUT2D eigenvalue weighted by molar-refractivity contribution is -0.150. The Hall–Kier alpha value is -3.10. The number of hydrogen-bond acceptors (Lipinski definition) is 6. The summed E-state index contributed by atoms with van der Waals surface area (Å²) in [4.78, 5) is 50.2. The second-order valence-electron chi connectivity index (χ2n) is 9.92. The Labute approximate surface area is 202 Å². The fraction of sp³-hybridized carbons (Fsp3) is 0.600. The second kappa shape index (κ2) is 13.0. The molecule has 0 aliphatic carbocycles. The molecule has 0 fully saturated rings. The lowest BCUT2D eigenvalue weighted by Crippen LogP contribution is -2.57. The molecule has 0 aromatic heterocycles. The van der Waals surface area contributed by atoms with Crippen molar-refractivity contribution in [3.8, 4) is 0 Å². The van der Waals surface area contributed by atoms with Gasteiger partial charge in [0.05, 0.1) is 0 Å². The fourth-order valence-corrected chi connectivity index (χ4v) is 2.92. The van der Waals surface area contributed by atoms with Gasteiger partial charge in [0.15, 0.2) is 0 Å². The predicted molar refractivity (Wildman–Crippen MR) is 129 cm³/mol. The number of rotatable bonds is 10. The highest BCUT2D eigenvalue weighted by molar-refractivity contribution is 5.93. The fourth-order valence-electron chi connectivity index (χ4n) is 2.92. The SMILES string of the molecule is CC(C)[C@H](NC(=O)[C@H](C)NC(=O)OC(C)(C)C)C(=O)N[C@H](C(=O)OCc1ccccc1)C(C)C. The van der Waals surface area contributed by atoms with Gasteiger partial charge < -0.3 is 25.4 Å². The van der Waals surface area contributed by atoms with E-state index in [1.165, 1.54) is 6.92 Å². The van der Waals surface area contributed by atoms with Gasteiger partial charge in [-0.25, -0.2) is 9.59 Å². The first kappa shape index (κ1) is 28.9. The van der Waals surface area contributed by atoms with Crippen molar-refractivity contribution in [2.24, 2.45) is 11.8 Å². The second-order valence-corrected chi connectivity index (χ2v) is 9.92. The average molecular weight is 478 g/mol. The lowest BCUT2D eigenvalue weighted by atomic mass is 10.00. The third-order valence-corrected chi connectivity index (χ3v) is 4.82. The molecule has 1 aromatic carbocycles. The van der Waals surface area contributed by atoms with E-state index in [1.807, 2.05) is 30.3 Å². The van der Waals surface area contributed by atoms with E-state index in [9.17, 15) is 19.2 Å². The van der Waals surface area contributed by atoms with Gasteiger partial charge in [-0.3, -0.25) is 9.59 Å². The number of benzene rings is 1. The summed E-state index contributed by atoms with van der Waals surface area (Å²) in [6, 6.07) is 6.51. The van der Waals surface area contributed by atoms with Crippen molar-refractivity contribution in [1.82, 2.24) is 16.0 Å². The number of nitrogens with one attached hydrogen (secondary N) is 3. The minimum atomic E-state index is -0.930. The van der Waals surface area contributed by atoms with Crippen molar-refractivity contribution in [2.45, 2.75) is 85.7 Å². The van der Waals surface area contributed by atoms with Crippen LogP contribution in [0, 0.1) is 11.8 Å². The maximum Gasteiger partial charge on any atom is 0.408 e. The van der Waals surface area contributed by atoms with E-state index in [-0.39, 0.29) is 18.4 Å². The van der Waals surface area contributed by atoms with Crippen LogP contribution in [0.4, 0.5) is 4.79 Å². The molecule has 0 radical (unpaired) electrons. The van der Waals surface area contributed by atoms with Crippen LogP contribution in [0.25, 0.3) is 0 Å². The van der Waals surface area contributed by atoms with Gasteiger partial charge in [0.25, 0.3) is 0 Å². The summed E-state index contributed by atoms with van der Waals surface area (Å²) in [5, 5.41) is 7.81. The van der Waals surface area contributed by atoms with Gasteiger partial charge in [0, 0.05) is 0 Å². The zero-order valence-electron chi connectivity index (χ0n) is 21.4. The molecule has 9 heteroatoms. The number of esters is 1. The summed E-state index contributed by atoms with van der Waals surface area (Å²) in [5.74, 6) is -2.12. The predicted octanol–water partition coefficient (Wildman–Crippen LogP) is 2.92. The third-order valence-electron chi connectivity index (χ3n) is 4.82. The van der Waals surface area contributed by atoms with E-state index in [0.717, 1.165) is 5.56 Å². The van der Waals surface area contributed by atoms with Crippen LogP contribution in [-0.4, -0.2) is 47.6 Å². The zero-order valence-corrected chi connectivity index (χ0v) is 21.4. The molecule has 1 rings (SSSR count). The molecule has 190 valence electrons. The highest BCUT2D eigenvalue weighted by Gasteiger charge is 2.32. The summed E-state index contributed by atoms with van der Waals surface area (Å²) in [7, 11) is 0. The lowest BCUT2D eigenvalue weighted by Gasteiger charge is -2.27. The maximum absolute atomic E-state index is 13.0. The molecule has 0 saturated carbocycles. The minimum Gasteiger partial charge on any atom is -0.459 e. The maximum atomic E-state index is 13.0. The molecular formula is C25H39N3O6. The summed E-state index contributed by atoms with van der Waals surface area (Å²) in [5.41, 5.74) is 0.130. The number of alkyl carbamates (subject to hydrolysis) is 1. The van der Waals surface area contributed by atoms with E-state index in [2.05, 4.69) is 16.0 Å². The number of carbonyl (C=O) groups is 4. The molecule has 0 spiro atoms. The Morgan fingerprint density at radius 1 is 0.794 bits per heavy atom. The van der Waals surface area contributed by atoms with Crippen LogP contribution in [0.15, 0.2) is 30.3 Å².